The number of carbonyl (C=O) groups excluding carboxylic acids is 2. The summed E-state index contributed by atoms with van der Waals surface area (Å²) in [5.41, 5.74) is 0.230. The number of aldehydes is 1. The first-order valence-electron chi connectivity index (χ1n) is 4.79. The molecule has 80 valence electrons. The molecule has 14 heavy (non-hydrogen) atoms. The minimum absolute atomic E-state index is 0.117. The van der Waals surface area contributed by atoms with Gasteiger partial charge in [0, 0.05) is 17.5 Å². The predicted molar refractivity (Wildman–Crippen MR) is 56.9 cm³/mol. The Bertz CT molecular complexity index is 231. The fraction of sp³-hybridized carbons (Fsp3) is 0.636. The Morgan fingerprint density at radius 1 is 1.50 bits per heavy atom. The van der Waals surface area contributed by atoms with Crippen molar-refractivity contribution in [3.05, 3.63) is 12.2 Å². The summed E-state index contributed by atoms with van der Waals surface area (Å²) in [4.78, 5) is 21.6. The highest BCUT2D eigenvalue weighted by Crippen LogP contribution is 2.17. The molecule has 0 heterocycles. The Morgan fingerprint density at radius 3 is 2.50 bits per heavy atom. The average Bonchev–Trinajstić information content (AvgIpc) is 2.12. The Balaban J connectivity index is 3.62. The van der Waals surface area contributed by atoms with E-state index in [1.165, 1.54) is 0 Å². The van der Waals surface area contributed by atoms with Crippen LogP contribution in [0.4, 0.5) is 0 Å². The molecule has 3 heteroatoms. The van der Waals surface area contributed by atoms with Crippen molar-refractivity contribution < 1.29 is 9.59 Å². The van der Waals surface area contributed by atoms with E-state index in [1.54, 1.807) is 6.92 Å². The second kappa shape index (κ2) is 5.58. The van der Waals surface area contributed by atoms with E-state index in [9.17, 15) is 9.59 Å². The normalized spacial score (nSPS) is 10.8. The summed E-state index contributed by atoms with van der Waals surface area (Å²) in [6.07, 6.45) is 2.55. The largest absolute Gasteiger partial charge is 0.352 e. The maximum Gasteiger partial charge on any atom is 0.246 e. The Hall–Kier alpha value is -1.12. The number of carbonyl (C=O) groups is 2. The minimum atomic E-state index is -0.284. The van der Waals surface area contributed by atoms with Crippen LogP contribution < -0.4 is 5.32 Å². The van der Waals surface area contributed by atoms with Crippen LogP contribution >= 0.6 is 0 Å². The minimum Gasteiger partial charge on any atom is -0.352 e. The van der Waals surface area contributed by atoms with Crippen molar-refractivity contribution in [2.45, 2.75) is 33.6 Å². The zero-order valence-corrected chi connectivity index (χ0v) is 9.22. The maximum atomic E-state index is 11.1. The molecule has 0 bridgehead atoms. The van der Waals surface area contributed by atoms with Crippen molar-refractivity contribution in [1.82, 2.24) is 5.32 Å². The third kappa shape index (κ3) is 5.51. The van der Waals surface area contributed by atoms with Crippen LogP contribution in [0.15, 0.2) is 12.2 Å². The zero-order valence-electron chi connectivity index (χ0n) is 9.22. The van der Waals surface area contributed by atoms with E-state index in [1.807, 2.05) is 13.8 Å². The first-order chi connectivity index (χ1) is 6.39. The van der Waals surface area contributed by atoms with Crippen LogP contribution in [-0.2, 0) is 9.59 Å². The molecule has 0 fully saturated rings. The molecule has 0 atom stereocenters. The molecule has 0 aliphatic heterocycles. The average molecular weight is 197 g/mol. The molecule has 0 saturated carbocycles. The summed E-state index contributed by atoms with van der Waals surface area (Å²) < 4.78 is 0. The van der Waals surface area contributed by atoms with Crippen LogP contribution in [0.5, 0.6) is 0 Å². The van der Waals surface area contributed by atoms with Crippen molar-refractivity contribution in [3.63, 3.8) is 0 Å². The molecule has 1 amide bonds. The van der Waals surface area contributed by atoms with Crippen molar-refractivity contribution >= 4 is 12.2 Å². The van der Waals surface area contributed by atoms with E-state index in [0.717, 1.165) is 19.1 Å². The molecular formula is C11H19NO2. The summed E-state index contributed by atoms with van der Waals surface area (Å²) in [5, 5.41) is 2.72. The molecule has 0 aromatic carbocycles. The summed E-state index contributed by atoms with van der Waals surface area (Å²) >= 11 is 0. The van der Waals surface area contributed by atoms with Crippen molar-refractivity contribution in [3.8, 4) is 0 Å². The lowest BCUT2D eigenvalue weighted by Crippen LogP contribution is -2.26. The molecule has 0 aliphatic rings. The molecule has 0 saturated heterocycles. The number of nitrogens with one attached hydrogen (secondary N) is 1. The van der Waals surface area contributed by atoms with E-state index in [-0.39, 0.29) is 11.3 Å². The van der Waals surface area contributed by atoms with Gasteiger partial charge in [0.1, 0.15) is 6.29 Å². The van der Waals surface area contributed by atoms with Gasteiger partial charge < -0.3 is 10.1 Å². The van der Waals surface area contributed by atoms with Crippen LogP contribution in [0.3, 0.4) is 0 Å². The Labute approximate surface area is 85.6 Å². The topological polar surface area (TPSA) is 46.2 Å². The van der Waals surface area contributed by atoms with Gasteiger partial charge in [-0.15, -0.1) is 0 Å². The molecule has 0 radical (unpaired) electrons. The van der Waals surface area contributed by atoms with E-state index in [4.69, 9.17) is 0 Å². The highest BCUT2D eigenvalue weighted by molar-refractivity contribution is 5.91. The van der Waals surface area contributed by atoms with Crippen LogP contribution in [-0.4, -0.2) is 18.7 Å². The Morgan fingerprint density at radius 2 is 2.07 bits per heavy atom. The fourth-order valence-corrected chi connectivity index (χ4v) is 0.956. The molecule has 0 unspecified atom stereocenters. The smallest absolute Gasteiger partial charge is 0.246 e. The third-order valence-corrected chi connectivity index (χ3v) is 1.99. The van der Waals surface area contributed by atoms with Gasteiger partial charge in [-0.05, 0) is 19.8 Å². The van der Waals surface area contributed by atoms with Crippen LogP contribution in [0, 0.1) is 5.41 Å². The van der Waals surface area contributed by atoms with Gasteiger partial charge in [0.15, 0.2) is 0 Å². The van der Waals surface area contributed by atoms with Gasteiger partial charge >= 0.3 is 0 Å². The van der Waals surface area contributed by atoms with Gasteiger partial charge in [0.2, 0.25) is 5.91 Å². The first kappa shape index (κ1) is 12.9. The fourth-order valence-electron chi connectivity index (χ4n) is 0.956. The van der Waals surface area contributed by atoms with Gasteiger partial charge in [-0.25, -0.2) is 0 Å². The summed E-state index contributed by atoms with van der Waals surface area (Å²) in [6.45, 7) is 9.58. The summed E-state index contributed by atoms with van der Waals surface area (Å²) in [5.74, 6) is -0.117. The highest BCUT2D eigenvalue weighted by Gasteiger charge is 2.15. The molecule has 0 aromatic rings. The predicted octanol–water partition coefficient (Wildman–Crippen LogP) is 1.68. The number of hydrogen-bond donors (Lipinski definition) is 1. The lowest BCUT2D eigenvalue weighted by atomic mass is 9.90. The molecule has 0 rings (SSSR count). The lowest BCUT2D eigenvalue weighted by Gasteiger charge is -2.16. The van der Waals surface area contributed by atoms with Gasteiger partial charge in [0.25, 0.3) is 0 Å². The van der Waals surface area contributed by atoms with Crippen molar-refractivity contribution in [1.29, 1.82) is 0 Å². The van der Waals surface area contributed by atoms with Gasteiger partial charge in [0.05, 0.1) is 0 Å². The zero-order chi connectivity index (χ0) is 11.2. The van der Waals surface area contributed by atoms with Crippen LogP contribution in [0.1, 0.15) is 33.6 Å². The van der Waals surface area contributed by atoms with Crippen LogP contribution in [0.25, 0.3) is 0 Å². The second-order valence-corrected chi connectivity index (χ2v) is 4.25. The van der Waals surface area contributed by atoms with Gasteiger partial charge in [-0.2, -0.15) is 0 Å². The Kier molecular flexibility index (Phi) is 5.13. The van der Waals surface area contributed by atoms with Crippen molar-refractivity contribution in [2.75, 3.05) is 6.54 Å². The van der Waals surface area contributed by atoms with Gasteiger partial charge in [-0.1, -0.05) is 20.4 Å². The van der Waals surface area contributed by atoms with E-state index in [2.05, 4.69) is 11.9 Å². The van der Waals surface area contributed by atoms with E-state index >= 15 is 0 Å². The molecule has 0 aliphatic carbocycles. The molecule has 1 N–H and O–H groups in total. The first-order valence-corrected chi connectivity index (χ1v) is 4.79. The number of rotatable bonds is 6. The van der Waals surface area contributed by atoms with E-state index < -0.39 is 0 Å². The molecule has 3 nitrogen and oxygen atoms in total. The number of hydrogen-bond acceptors (Lipinski definition) is 2. The molecule has 0 aromatic heterocycles. The standard InChI is InChI=1S/C11H19NO2/c1-9(2)10(14)12-7-5-6-11(3,4)8-13/h8H,1,5-7H2,2-4H3,(H,12,14). The van der Waals surface area contributed by atoms with E-state index in [0.29, 0.717) is 12.1 Å². The monoisotopic (exact) mass is 197 g/mol. The summed E-state index contributed by atoms with van der Waals surface area (Å²) in [6, 6.07) is 0. The number of amides is 1. The highest BCUT2D eigenvalue weighted by atomic mass is 16.1. The van der Waals surface area contributed by atoms with Gasteiger partial charge in [-0.3, -0.25) is 4.79 Å². The maximum absolute atomic E-state index is 11.1. The SMILES string of the molecule is C=C(C)C(=O)NCCCC(C)(C)C=O. The lowest BCUT2D eigenvalue weighted by molar-refractivity contribution is -0.117. The molecular weight excluding hydrogens is 178 g/mol. The molecule has 0 spiro atoms. The van der Waals surface area contributed by atoms with Crippen LogP contribution in [0.2, 0.25) is 0 Å². The third-order valence-electron chi connectivity index (χ3n) is 1.99. The summed E-state index contributed by atoms with van der Waals surface area (Å²) in [7, 11) is 0. The quantitative estimate of drug-likeness (QED) is 0.400. The second-order valence-electron chi connectivity index (χ2n) is 4.25. The van der Waals surface area contributed by atoms with Crippen molar-refractivity contribution in [2.24, 2.45) is 5.41 Å².